The average Bonchev–Trinajstić information content (AvgIpc) is 2.91. The maximum Gasteiger partial charge on any atom is 0.140 e. The van der Waals surface area contributed by atoms with Gasteiger partial charge in [0, 0.05) is 31.9 Å². The molecule has 0 saturated heterocycles. The van der Waals surface area contributed by atoms with Gasteiger partial charge in [0.2, 0.25) is 0 Å². The van der Waals surface area contributed by atoms with E-state index in [1.807, 2.05) is 42.3 Å². The van der Waals surface area contributed by atoms with E-state index in [0.29, 0.717) is 11.6 Å². The van der Waals surface area contributed by atoms with Crippen molar-refractivity contribution < 1.29 is 0 Å². The predicted octanol–water partition coefficient (Wildman–Crippen LogP) is 2.67. The molecule has 3 N–H and O–H groups in total. The molecule has 5 nitrogen and oxygen atoms in total. The number of imidazole rings is 1. The Bertz CT molecular complexity index is 735. The van der Waals surface area contributed by atoms with Gasteiger partial charge in [-0.3, -0.25) is 0 Å². The minimum atomic E-state index is 0.568. The van der Waals surface area contributed by atoms with Crippen LogP contribution >= 0.6 is 11.6 Å². The van der Waals surface area contributed by atoms with Gasteiger partial charge in [0.25, 0.3) is 0 Å². The number of hydrogen-bond acceptors (Lipinski definition) is 4. The van der Waals surface area contributed by atoms with Gasteiger partial charge in [-0.05, 0) is 18.2 Å². The summed E-state index contributed by atoms with van der Waals surface area (Å²) in [4.78, 5) is 14.2. The van der Waals surface area contributed by atoms with Crippen molar-refractivity contribution in [3.8, 4) is 11.4 Å². The van der Waals surface area contributed by atoms with Crippen LogP contribution in [0.4, 0.5) is 5.82 Å². The Morgan fingerprint density at radius 1 is 1.33 bits per heavy atom. The molecular formula is C15H16ClN5. The van der Waals surface area contributed by atoms with Crippen LogP contribution in [0.25, 0.3) is 22.4 Å². The van der Waals surface area contributed by atoms with Crippen LogP contribution in [0.15, 0.2) is 36.5 Å². The van der Waals surface area contributed by atoms with Crippen LogP contribution in [0.2, 0.25) is 5.02 Å². The highest BCUT2D eigenvalue weighted by atomic mass is 35.5. The van der Waals surface area contributed by atoms with Crippen molar-refractivity contribution >= 4 is 28.5 Å². The first-order chi connectivity index (χ1) is 10.2. The van der Waals surface area contributed by atoms with E-state index in [2.05, 4.69) is 15.0 Å². The van der Waals surface area contributed by atoms with Gasteiger partial charge in [0.1, 0.15) is 11.6 Å². The number of H-pyrrole nitrogens is 1. The zero-order valence-electron chi connectivity index (χ0n) is 11.7. The molecule has 3 rings (SSSR count). The van der Waals surface area contributed by atoms with Gasteiger partial charge < -0.3 is 15.6 Å². The van der Waals surface area contributed by atoms with Crippen LogP contribution < -0.4 is 10.6 Å². The Balaban J connectivity index is 2.06. The third-order valence-electron chi connectivity index (χ3n) is 3.34. The average molecular weight is 302 g/mol. The summed E-state index contributed by atoms with van der Waals surface area (Å²) in [5.74, 6) is 1.56. The molecule has 0 aliphatic carbocycles. The largest absolute Gasteiger partial charge is 0.358 e. The second-order valence-electron chi connectivity index (χ2n) is 4.84. The SMILES string of the molecule is CN(CCN)c1cc(-c2nc3ccccc3[nH]2)c(Cl)cn1. The molecule has 2 aromatic heterocycles. The normalized spacial score (nSPS) is 11.0. The fourth-order valence-electron chi connectivity index (χ4n) is 2.21. The standard InChI is InChI=1S/C15H16ClN5/c1-21(7-6-17)14-8-10(11(16)9-18-14)15-19-12-4-2-3-5-13(12)20-15/h2-5,8-9H,6-7,17H2,1H3,(H,19,20). The van der Waals surface area contributed by atoms with E-state index in [4.69, 9.17) is 17.3 Å². The highest BCUT2D eigenvalue weighted by Crippen LogP contribution is 2.29. The quantitative estimate of drug-likeness (QED) is 0.777. The molecule has 0 atom stereocenters. The van der Waals surface area contributed by atoms with E-state index in [-0.39, 0.29) is 0 Å². The van der Waals surface area contributed by atoms with Gasteiger partial charge in [-0.25, -0.2) is 9.97 Å². The fraction of sp³-hybridized carbons (Fsp3) is 0.200. The van der Waals surface area contributed by atoms with Gasteiger partial charge in [0.05, 0.1) is 16.1 Å². The molecule has 3 aromatic rings. The molecule has 0 amide bonds. The third kappa shape index (κ3) is 2.70. The molecule has 21 heavy (non-hydrogen) atoms. The molecule has 0 aliphatic heterocycles. The van der Waals surface area contributed by atoms with Crippen molar-refractivity contribution in [3.05, 3.63) is 41.6 Å². The zero-order chi connectivity index (χ0) is 14.8. The summed E-state index contributed by atoms with van der Waals surface area (Å²) in [6.07, 6.45) is 1.65. The van der Waals surface area contributed by atoms with E-state index < -0.39 is 0 Å². The lowest BCUT2D eigenvalue weighted by Gasteiger charge is -2.17. The first kappa shape index (κ1) is 13.9. The highest BCUT2D eigenvalue weighted by Gasteiger charge is 2.12. The van der Waals surface area contributed by atoms with Crippen LogP contribution in [-0.4, -0.2) is 35.1 Å². The summed E-state index contributed by atoms with van der Waals surface area (Å²) >= 11 is 6.27. The van der Waals surface area contributed by atoms with Crippen LogP contribution in [0.5, 0.6) is 0 Å². The number of fused-ring (bicyclic) bond motifs is 1. The van der Waals surface area contributed by atoms with E-state index >= 15 is 0 Å². The van der Waals surface area contributed by atoms with Gasteiger partial charge in [-0.1, -0.05) is 23.7 Å². The number of pyridine rings is 1. The van der Waals surface area contributed by atoms with Crippen molar-refractivity contribution in [2.45, 2.75) is 0 Å². The van der Waals surface area contributed by atoms with Crippen molar-refractivity contribution in [2.75, 3.05) is 25.0 Å². The number of nitrogens with zero attached hydrogens (tertiary/aromatic N) is 3. The number of rotatable bonds is 4. The van der Waals surface area contributed by atoms with E-state index in [1.54, 1.807) is 6.20 Å². The second-order valence-corrected chi connectivity index (χ2v) is 5.24. The summed E-state index contributed by atoms with van der Waals surface area (Å²) in [6.45, 7) is 1.30. The number of likely N-dealkylation sites (N-methyl/N-ethyl adjacent to an activating group) is 1. The van der Waals surface area contributed by atoms with Crippen LogP contribution in [0.3, 0.4) is 0 Å². The summed E-state index contributed by atoms with van der Waals surface area (Å²) in [5, 5.41) is 0.568. The lowest BCUT2D eigenvalue weighted by Crippen LogP contribution is -2.25. The Hall–Kier alpha value is -2.11. The van der Waals surface area contributed by atoms with Crippen molar-refractivity contribution in [3.63, 3.8) is 0 Å². The summed E-state index contributed by atoms with van der Waals surface area (Å²) in [7, 11) is 1.95. The first-order valence-corrected chi connectivity index (χ1v) is 7.08. The molecule has 2 heterocycles. The molecule has 6 heteroatoms. The molecule has 0 fully saturated rings. The number of nitrogens with one attached hydrogen (secondary N) is 1. The number of anilines is 1. The van der Waals surface area contributed by atoms with E-state index in [0.717, 1.165) is 34.8 Å². The van der Waals surface area contributed by atoms with E-state index in [1.165, 1.54) is 0 Å². The summed E-state index contributed by atoms with van der Waals surface area (Å²) < 4.78 is 0. The molecule has 0 aliphatic rings. The maximum atomic E-state index is 6.27. The number of nitrogens with two attached hydrogens (primary N) is 1. The molecule has 0 unspecified atom stereocenters. The van der Waals surface area contributed by atoms with Crippen LogP contribution in [0.1, 0.15) is 0 Å². The molecule has 0 radical (unpaired) electrons. The van der Waals surface area contributed by atoms with Gasteiger partial charge in [-0.15, -0.1) is 0 Å². The fourth-order valence-corrected chi connectivity index (χ4v) is 2.40. The Kier molecular flexibility index (Phi) is 3.77. The number of hydrogen-bond donors (Lipinski definition) is 2. The molecule has 1 aromatic carbocycles. The van der Waals surface area contributed by atoms with Gasteiger partial charge >= 0.3 is 0 Å². The zero-order valence-corrected chi connectivity index (χ0v) is 12.4. The van der Waals surface area contributed by atoms with Crippen molar-refractivity contribution in [1.82, 2.24) is 15.0 Å². The lowest BCUT2D eigenvalue weighted by molar-refractivity contribution is 0.869. The molecular weight excluding hydrogens is 286 g/mol. The molecule has 0 bridgehead atoms. The minimum absolute atomic E-state index is 0.568. The van der Waals surface area contributed by atoms with Crippen molar-refractivity contribution in [2.24, 2.45) is 5.73 Å². The monoisotopic (exact) mass is 301 g/mol. The molecule has 0 spiro atoms. The number of para-hydroxylation sites is 2. The summed E-state index contributed by atoms with van der Waals surface area (Å²) in [6, 6.07) is 9.81. The molecule has 108 valence electrons. The lowest BCUT2D eigenvalue weighted by atomic mass is 10.2. The Morgan fingerprint density at radius 3 is 2.90 bits per heavy atom. The molecule has 0 saturated carbocycles. The first-order valence-electron chi connectivity index (χ1n) is 6.71. The number of aromatic amines is 1. The smallest absolute Gasteiger partial charge is 0.140 e. The van der Waals surface area contributed by atoms with Crippen molar-refractivity contribution in [1.29, 1.82) is 0 Å². The third-order valence-corrected chi connectivity index (χ3v) is 3.64. The Labute approximate surface area is 127 Å². The number of benzene rings is 1. The maximum absolute atomic E-state index is 6.27. The van der Waals surface area contributed by atoms with Gasteiger partial charge in [-0.2, -0.15) is 0 Å². The van der Waals surface area contributed by atoms with Gasteiger partial charge in [0.15, 0.2) is 0 Å². The predicted molar refractivity (Wildman–Crippen MR) is 86.7 cm³/mol. The van der Waals surface area contributed by atoms with Crippen LogP contribution in [-0.2, 0) is 0 Å². The second kappa shape index (κ2) is 5.71. The topological polar surface area (TPSA) is 70.8 Å². The number of halogens is 1. The van der Waals surface area contributed by atoms with Crippen LogP contribution in [0, 0.1) is 0 Å². The minimum Gasteiger partial charge on any atom is -0.358 e. The van der Waals surface area contributed by atoms with E-state index in [9.17, 15) is 0 Å². The Morgan fingerprint density at radius 2 is 2.14 bits per heavy atom. The highest BCUT2D eigenvalue weighted by molar-refractivity contribution is 6.33. The number of aromatic nitrogens is 3. The summed E-state index contributed by atoms with van der Waals surface area (Å²) in [5.41, 5.74) is 8.32.